The maximum Gasteiger partial charge on any atom is 0.140 e. The number of carbonyl (C=O) groups is 2. The Labute approximate surface area is 241 Å². The fraction of sp³-hybridized carbons (Fsp3) is 0.676. The van der Waals surface area contributed by atoms with Crippen LogP contribution < -0.4 is 0 Å². The molecule has 0 N–H and O–H groups in total. The van der Waals surface area contributed by atoms with Crippen molar-refractivity contribution in [3.8, 4) is 0 Å². The number of benzene rings is 1. The monoisotopic (exact) mass is 547 g/mol. The van der Waals surface area contributed by atoms with Crippen molar-refractivity contribution in [3.05, 3.63) is 51.0 Å². The van der Waals surface area contributed by atoms with Crippen molar-refractivity contribution in [2.75, 3.05) is 0 Å². The van der Waals surface area contributed by atoms with Crippen molar-refractivity contribution < 1.29 is 9.59 Å². The average Bonchev–Trinajstić information content (AvgIpc) is 3.33. The quantitative estimate of drug-likeness (QED) is 0.293. The van der Waals surface area contributed by atoms with Gasteiger partial charge < -0.3 is 0 Å². The standard InChI is InChI=1S/C12H18.C10H13NO2S.2C5H12.C2H6/c1-4-10-7-8-11(5-2)12(6-3)9-10;1-6(12)10(7(2)13)4-9-5-14-8(3)11-9;2*1-4-5(2)3;1-2/h7-9H,4-6H2,1-3H3;5,10H,4H2,1-3H3;2*5H,4H2,1-3H3;1-2H3. The Kier molecular flexibility index (Phi) is 27.3. The van der Waals surface area contributed by atoms with E-state index in [1.54, 1.807) is 0 Å². The second-order valence-corrected chi connectivity index (χ2v) is 11.2. The molecule has 220 valence electrons. The van der Waals surface area contributed by atoms with Gasteiger partial charge in [-0.15, -0.1) is 11.3 Å². The number of Topliss-reactive ketones (excluding diaryl/α,β-unsaturated/α-hetero) is 2. The van der Waals surface area contributed by atoms with Crippen molar-refractivity contribution in [1.82, 2.24) is 4.98 Å². The van der Waals surface area contributed by atoms with Gasteiger partial charge in [0.2, 0.25) is 0 Å². The summed E-state index contributed by atoms with van der Waals surface area (Å²) >= 11 is 1.54. The van der Waals surface area contributed by atoms with Gasteiger partial charge in [-0.25, -0.2) is 4.98 Å². The Hall–Kier alpha value is -1.81. The van der Waals surface area contributed by atoms with Gasteiger partial charge in [0.1, 0.15) is 11.6 Å². The summed E-state index contributed by atoms with van der Waals surface area (Å²) in [7, 11) is 0. The van der Waals surface area contributed by atoms with Gasteiger partial charge in [-0.3, -0.25) is 9.59 Å². The summed E-state index contributed by atoms with van der Waals surface area (Å²) in [5, 5.41) is 2.86. The van der Waals surface area contributed by atoms with Crippen LogP contribution in [-0.2, 0) is 35.3 Å². The number of aromatic nitrogens is 1. The minimum atomic E-state index is -0.517. The van der Waals surface area contributed by atoms with Gasteiger partial charge in [0.15, 0.2) is 0 Å². The molecule has 0 spiro atoms. The van der Waals surface area contributed by atoms with Gasteiger partial charge in [0.05, 0.1) is 16.6 Å². The molecule has 0 aliphatic rings. The van der Waals surface area contributed by atoms with E-state index in [9.17, 15) is 9.59 Å². The molecular formula is C34H61NO2S. The molecule has 0 radical (unpaired) electrons. The summed E-state index contributed by atoms with van der Waals surface area (Å²) in [5.74, 6) is 1.09. The zero-order valence-corrected chi connectivity index (χ0v) is 28.3. The van der Waals surface area contributed by atoms with Gasteiger partial charge in [-0.05, 0) is 68.6 Å². The van der Waals surface area contributed by atoms with Crippen LogP contribution in [-0.4, -0.2) is 16.6 Å². The molecule has 0 saturated carbocycles. The molecule has 1 aromatic carbocycles. The number of ketones is 2. The van der Waals surface area contributed by atoms with E-state index in [1.165, 1.54) is 54.7 Å². The summed E-state index contributed by atoms with van der Waals surface area (Å²) in [4.78, 5) is 26.5. The predicted molar refractivity (Wildman–Crippen MR) is 172 cm³/mol. The lowest BCUT2D eigenvalue weighted by molar-refractivity contribution is -0.130. The van der Waals surface area contributed by atoms with E-state index in [0.717, 1.165) is 41.8 Å². The Balaban J connectivity index is -0.000000460. The van der Waals surface area contributed by atoms with Gasteiger partial charge in [0, 0.05) is 11.8 Å². The number of carbonyl (C=O) groups excluding carboxylic acids is 2. The third kappa shape index (κ3) is 21.2. The second-order valence-electron chi connectivity index (χ2n) is 10.1. The molecule has 4 heteroatoms. The summed E-state index contributed by atoms with van der Waals surface area (Å²) in [6, 6.07) is 6.87. The van der Waals surface area contributed by atoms with Crippen molar-refractivity contribution in [2.45, 2.75) is 135 Å². The lowest BCUT2D eigenvalue weighted by atomic mass is 9.96. The van der Waals surface area contributed by atoms with Gasteiger partial charge in [0.25, 0.3) is 0 Å². The predicted octanol–water partition coefficient (Wildman–Crippen LogP) is 10.3. The zero-order chi connectivity index (χ0) is 30.3. The molecule has 0 aliphatic carbocycles. The van der Waals surface area contributed by atoms with Crippen molar-refractivity contribution >= 4 is 22.9 Å². The van der Waals surface area contributed by atoms with E-state index >= 15 is 0 Å². The molecule has 0 bridgehead atoms. The van der Waals surface area contributed by atoms with E-state index in [0.29, 0.717) is 6.42 Å². The topological polar surface area (TPSA) is 47.0 Å². The molecule has 0 aliphatic heterocycles. The summed E-state index contributed by atoms with van der Waals surface area (Å²) in [6.45, 7) is 28.8. The third-order valence-electron chi connectivity index (χ3n) is 6.13. The average molecular weight is 548 g/mol. The van der Waals surface area contributed by atoms with E-state index in [-0.39, 0.29) is 11.6 Å². The van der Waals surface area contributed by atoms with Crippen molar-refractivity contribution in [3.63, 3.8) is 0 Å². The minimum absolute atomic E-state index is 0.0804. The van der Waals surface area contributed by atoms with Crippen LogP contribution >= 0.6 is 11.3 Å². The molecule has 1 aromatic heterocycles. The van der Waals surface area contributed by atoms with E-state index in [1.807, 2.05) is 26.2 Å². The van der Waals surface area contributed by atoms with Gasteiger partial charge in [-0.1, -0.05) is 107 Å². The first-order chi connectivity index (χ1) is 17.9. The Bertz CT molecular complexity index is 830. The highest BCUT2D eigenvalue weighted by Gasteiger charge is 2.20. The molecule has 2 aromatic rings. The Morgan fingerprint density at radius 2 is 1.24 bits per heavy atom. The number of hydrogen-bond donors (Lipinski definition) is 0. The Morgan fingerprint density at radius 3 is 1.53 bits per heavy atom. The molecule has 1 heterocycles. The lowest BCUT2D eigenvalue weighted by Crippen LogP contribution is -2.22. The fourth-order valence-electron chi connectivity index (χ4n) is 2.86. The van der Waals surface area contributed by atoms with Gasteiger partial charge in [-0.2, -0.15) is 0 Å². The van der Waals surface area contributed by atoms with Crippen LogP contribution in [0.25, 0.3) is 0 Å². The SMILES string of the molecule is CC.CC(=O)C(Cc1csc(C)n1)C(C)=O.CCC(C)C.CCC(C)C.CCc1ccc(CC)c(CC)c1. The first-order valence-corrected chi connectivity index (χ1v) is 15.8. The summed E-state index contributed by atoms with van der Waals surface area (Å²) in [5.41, 5.74) is 5.33. The molecule has 0 saturated heterocycles. The first kappa shape index (κ1) is 40.7. The van der Waals surface area contributed by atoms with Crippen LogP contribution in [0.5, 0.6) is 0 Å². The number of aryl methyl sites for hydroxylation is 4. The van der Waals surface area contributed by atoms with Crippen LogP contribution in [0.15, 0.2) is 23.6 Å². The van der Waals surface area contributed by atoms with Crippen molar-refractivity contribution in [2.24, 2.45) is 17.8 Å². The number of thiazole rings is 1. The maximum absolute atomic E-state index is 11.2. The summed E-state index contributed by atoms with van der Waals surface area (Å²) < 4.78 is 0. The zero-order valence-electron chi connectivity index (χ0n) is 27.5. The molecular weight excluding hydrogens is 486 g/mol. The molecule has 0 unspecified atom stereocenters. The molecule has 0 fully saturated rings. The van der Waals surface area contributed by atoms with Crippen LogP contribution in [0.3, 0.4) is 0 Å². The lowest BCUT2D eigenvalue weighted by Gasteiger charge is -2.07. The van der Waals surface area contributed by atoms with Crippen LogP contribution in [0.4, 0.5) is 0 Å². The third-order valence-corrected chi connectivity index (χ3v) is 6.96. The van der Waals surface area contributed by atoms with E-state index in [4.69, 9.17) is 0 Å². The van der Waals surface area contributed by atoms with Gasteiger partial charge >= 0.3 is 0 Å². The van der Waals surface area contributed by atoms with Crippen LogP contribution in [0.1, 0.15) is 130 Å². The number of hydrogen-bond acceptors (Lipinski definition) is 4. The fourth-order valence-corrected chi connectivity index (χ4v) is 3.48. The molecule has 38 heavy (non-hydrogen) atoms. The van der Waals surface area contributed by atoms with E-state index in [2.05, 4.69) is 85.5 Å². The maximum atomic E-state index is 11.2. The van der Waals surface area contributed by atoms with Crippen molar-refractivity contribution in [1.29, 1.82) is 0 Å². The molecule has 2 rings (SSSR count). The normalized spacial score (nSPS) is 9.82. The van der Waals surface area contributed by atoms with E-state index < -0.39 is 5.92 Å². The highest BCUT2D eigenvalue weighted by molar-refractivity contribution is 7.09. The first-order valence-electron chi connectivity index (χ1n) is 14.9. The largest absolute Gasteiger partial charge is 0.299 e. The summed E-state index contributed by atoms with van der Waals surface area (Å²) in [6.07, 6.45) is 6.52. The second kappa shape index (κ2) is 25.5. The highest BCUT2D eigenvalue weighted by atomic mass is 32.1. The Morgan fingerprint density at radius 1 is 0.789 bits per heavy atom. The highest BCUT2D eigenvalue weighted by Crippen LogP contribution is 2.15. The molecule has 0 amide bonds. The van der Waals surface area contributed by atoms with Crippen LogP contribution in [0.2, 0.25) is 0 Å². The molecule has 3 nitrogen and oxygen atoms in total. The number of nitrogens with zero attached hydrogens (tertiary/aromatic N) is 1. The minimum Gasteiger partial charge on any atom is -0.299 e. The smallest absolute Gasteiger partial charge is 0.140 e. The number of rotatable bonds is 9. The van der Waals surface area contributed by atoms with Crippen LogP contribution in [0, 0.1) is 24.7 Å². The molecule has 0 atom stereocenters.